The van der Waals surface area contributed by atoms with E-state index in [1.807, 2.05) is 37.1 Å². The van der Waals surface area contributed by atoms with Crippen LogP contribution >= 0.6 is 0 Å². The highest BCUT2D eigenvalue weighted by molar-refractivity contribution is 5.76. The number of hydrogen-bond donors (Lipinski definition) is 1. The molecule has 4 nitrogen and oxygen atoms in total. The van der Waals surface area contributed by atoms with Crippen molar-refractivity contribution in [2.24, 2.45) is 0 Å². The summed E-state index contributed by atoms with van der Waals surface area (Å²) in [6, 6.07) is 13.3. The van der Waals surface area contributed by atoms with Gasteiger partial charge >= 0.3 is 0 Å². The van der Waals surface area contributed by atoms with Crippen molar-refractivity contribution >= 4 is 17.1 Å². The van der Waals surface area contributed by atoms with Crippen molar-refractivity contribution in [1.82, 2.24) is 0 Å². The van der Waals surface area contributed by atoms with E-state index in [4.69, 9.17) is 15.7 Å². The quantitative estimate of drug-likeness (QED) is 0.867. The van der Waals surface area contributed by atoms with Crippen molar-refractivity contribution in [1.29, 1.82) is 5.26 Å². The van der Waals surface area contributed by atoms with Crippen molar-refractivity contribution < 1.29 is 4.74 Å². The normalized spacial score (nSPS) is 9.90. The van der Waals surface area contributed by atoms with Crippen molar-refractivity contribution in [2.45, 2.75) is 6.92 Å². The average molecular weight is 267 g/mol. The molecule has 102 valence electrons. The van der Waals surface area contributed by atoms with Crippen LogP contribution < -0.4 is 15.4 Å². The lowest BCUT2D eigenvalue weighted by Gasteiger charge is -2.22. The highest BCUT2D eigenvalue weighted by Crippen LogP contribution is 2.32. The Morgan fingerprint density at radius 3 is 2.55 bits per heavy atom. The first-order valence-corrected chi connectivity index (χ1v) is 6.25. The minimum absolute atomic E-state index is 0.589. The van der Waals surface area contributed by atoms with Crippen LogP contribution in [0.1, 0.15) is 11.1 Å². The molecular weight excluding hydrogens is 250 g/mol. The van der Waals surface area contributed by atoms with Crippen LogP contribution in [0.15, 0.2) is 36.4 Å². The molecular formula is C16H17N3O. The maximum atomic E-state index is 8.99. The minimum Gasteiger partial charge on any atom is -0.496 e. The Kier molecular flexibility index (Phi) is 3.81. The third-order valence-electron chi connectivity index (χ3n) is 3.29. The summed E-state index contributed by atoms with van der Waals surface area (Å²) < 4.78 is 5.26. The Morgan fingerprint density at radius 1 is 1.20 bits per heavy atom. The second-order valence-electron chi connectivity index (χ2n) is 4.60. The zero-order chi connectivity index (χ0) is 14.7. The second kappa shape index (κ2) is 5.54. The molecule has 2 aromatic rings. The van der Waals surface area contributed by atoms with Gasteiger partial charge in [0.1, 0.15) is 5.75 Å². The van der Waals surface area contributed by atoms with Crippen molar-refractivity contribution in [2.75, 3.05) is 24.8 Å². The summed E-state index contributed by atoms with van der Waals surface area (Å²) in [5, 5.41) is 8.99. The van der Waals surface area contributed by atoms with Crippen LogP contribution in [0.4, 0.5) is 17.1 Å². The van der Waals surface area contributed by atoms with E-state index < -0.39 is 0 Å². The van der Waals surface area contributed by atoms with E-state index in [2.05, 4.69) is 6.07 Å². The summed E-state index contributed by atoms with van der Waals surface area (Å²) in [5.41, 5.74) is 10.1. The molecule has 0 amide bonds. The van der Waals surface area contributed by atoms with Crippen LogP contribution in [0.25, 0.3) is 0 Å². The molecule has 2 rings (SSSR count). The van der Waals surface area contributed by atoms with Crippen LogP contribution in [-0.4, -0.2) is 14.2 Å². The topological polar surface area (TPSA) is 62.3 Å². The summed E-state index contributed by atoms with van der Waals surface area (Å²) in [5.74, 6) is 0.848. The van der Waals surface area contributed by atoms with E-state index in [9.17, 15) is 0 Å². The monoisotopic (exact) mass is 267 g/mol. The van der Waals surface area contributed by atoms with Gasteiger partial charge in [-0.1, -0.05) is 0 Å². The Balaban J connectivity index is 2.43. The fraction of sp³-hybridized carbons (Fsp3) is 0.188. The van der Waals surface area contributed by atoms with Gasteiger partial charge in [0.05, 0.1) is 30.1 Å². The lowest BCUT2D eigenvalue weighted by atomic mass is 10.1. The van der Waals surface area contributed by atoms with Crippen molar-refractivity contribution in [3.63, 3.8) is 0 Å². The van der Waals surface area contributed by atoms with Crippen molar-refractivity contribution in [3.05, 3.63) is 47.5 Å². The van der Waals surface area contributed by atoms with Gasteiger partial charge in [-0.25, -0.2) is 0 Å². The van der Waals surface area contributed by atoms with E-state index >= 15 is 0 Å². The third-order valence-corrected chi connectivity index (χ3v) is 3.29. The first-order chi connectivity index (χ1) is 9.56. The maximum absolute atomic E-state index is 8.99. The van der Waals surface area contributed by atoms with Gasteiger partial charge in [-0.2, -0.15) is 5.26 Å². The molecule has 0 aliphatic carbocycles. The summed E-state index contributed by atoms with van der Waals surface area (Å²) in [6.07, 6.45) is 0. The number of rotatable bonds is 3. The molecule has 0 aliphatic heterocycles. The van der Waals surface area contributed by atoms with E-state index in [0.717, 1.165) is 22.7 Å². The molecule has 0 saturated carbocycles. The molecule has 0 atom stereocenters. The minimum atomic E-state index is 0.589. The van der Waals surface area contributed by atoms with E-state index in [0.29, 0.717) is 11.3 Å². The first-order valence-electron chi connectivity index (χ1n) is 6.25. The fourth-order valence-corrected chi connectivity index (χ4v) is 2.11. The number of nitrogens with two attached hydrogens (primary N) is 1. The predicted molar refractivity (Wildman–Crippen MR) is 81.4 cm³/mol. The average Bonchev–Trinajstić information content (AvgIpc) is 2.47. The number of nitrogen functional groups attached to an aromatic ring is 1. The summed E-state index contributed by atoms with van der Waals surface area (Å²) >= 11 is 0. The second-order valence-corrected chi connectivity index (χ2v) is 4.60. The van der Waals surface area contributed by atoms with Gasteiger partial charge in [0.15, 0.2) is 0 Å². The van der Waals surface area contributed by atoms with E-state index in [-0.39, 0.29) is 0 Å². The van der Waals surface area contributed by atoms with E-state index in [1.165, 1.54) is 0 Å². The van der Waals surface area contributed by atoms with Gasteiger partial charge in [0.2, 0.25) is 0 Å². The Labute approximate surface area is 119 Å². The zero-order valence-electron chi connectivity index (χ0n) is 11.8. The van der Waals surface area contributed by atoms with Gasteiger partial charge < -0.3 is 15.4 Å². The molecule has 0 unspecified atom stereocenters. The number of nitrogens with zero attached hydrogens (tertiary/aromatic N) is 2. The Morgan fingerprint density at radius 2 is 1.95 bits per heavy atom. The highest BCUT2D eigenvalue weighted by Gasteiger charge is 2.10. The summed E-state index contributed by atoms with van der Waals surface area (Å²) in [4.78, 5) is 1.96. The smallest absolute Gasteiger partial charge is 0.121 e. The predicted octanol–water partition coefficient (Wildman–Crippen LogP) is 3.23. The molecule has 0 bridgehead atoms. The zero-order valence-corrected chi connectivity index (χ0v) is 11.8. The molecule has 0 aromatic heterocycles. The molecule has 4 heteroatoms. The number of aryl methyl sites for hydroxylation is 1. The van der Waals surface area contributed by atoms with Crippen molar-refractivity contribution in [3.8, 4) is 11.8 Å². The molecule has 0 heterocycles. The third kappa shape index (κ3) is 2.52. The number of methoxy groups -OCH3 is 1. The summed E-state index contributed by atoms with van der Waals surface area (Å²) in [6.45, 7) is 1.99. The van der Waals surface area contributed by atoms with Crippen LogP contribution in [0.5, 0.6) is 5.75 Å². The van der Waals surface area contributed by atoms with Crippen LogP contribution in [-0.2, 0) is 0 Å². The van der Waals surface area contributed by atoms with Crippen LogP contribution in [0.3, 0.4) is 0 Å². The van der Waals surface area contributed by atoms with Gasteiger partial charge in [0.25, 0.3) is 0 Å². The van der Waals surface area contributed by atoms with Crippen LogP contribution in [0.2, 0.25) is 0 Å². The number of ether oxygens (including phenoxy) is 1. The Bertz CT molecular complexity index is 674. The SMILES string of the molecule is COc1ccc(N(C)c2cc(C#N)ccc2N)cc1C. The van der Waals surface area contributed by atoms with Gasteiger partial charge in [-0.15, -0.1) is 0 Å². The molecule has 0 saturated heterocycles. The lowest BCUT2D eigenvalue weighted by Crippen LogP contribution is -2.12. The number of benzene rings is 2. The molecule has 0 aliphatic rings. The molecule has 20 heavy (non-hydrogen) atoms. The van der Waals surface area contributed by atoms with Gasteiger partial charge in [0, 0.05) is 12.7 Å². The largest absolute Gasteiger partial charge is 0.496 e. The summed E-state index contributed by atoms with van der Waals surface area (Å²) in [7, 11) is 3.58. The molecule has 0 fully saturated rings. The molecule has 2 aromatic carbocycles. The molecule has 0 radical (unpaired) electrons. The number of nitriles is 1. The maximum Gasteiger partial charge on any atom is 0.121 e. The first kappa shape index (κ1) is 13.8. The van der Waals surface area contributed by atoms with Crippen LogP contribution in [0, 0.1) is 18.3 Å². The van der Waals surface area contributed by atoms with E-state index in [1.54, 1.807) is 25.3 Å². The van der Waals surface area contributed by atoms with Gasteiger partial charge in [-0.05, 0) is 48.9 Å². The fourth-order valence-electron chi connectivity index (χ4n) is 2.11. The standard InChI is InChI=1S/C16H17N3O/c1-11-8-13(5-7-16(11)20-3)19(2)15-9-12(10-17)4-6-14(15)18/h4-9H,18H2,1-3H3. The molecule has 0 spiro atoms. The Hall–Kier alpha value is -2.67. The lowest BCUT2D eigenvalue weighted by molar-refractivity contribution is 0.412. The highest BCUT2D eigenvalue weighted by atomic mass is 16.5. The number of anilines is 3. The van der Waals surface area contributed by atoms with Gasteiger partial charge in [-0.3, -0.25) is 0 Å². The number of hydrogen-bond acceptors (Lipinski definition) is 4. The molecule has 2 N–H and O–H groups in total.